The molecule has 1 saturated heterocycles. The standard InChI is InChI=1S/C20H25ClN4O2S/c1-14(19(26)24-18-5-4-16(21)13-23-18)25-10-7-15(8-11-25)20(27)22-9-6-17-3-2-12-28-17/h2-5,12-15H,6-11H2,1H3,(H,22,27)(H,23,24,26). The number of piperidine rings is 1. The van der Waals surface area contributed by atoms with E-state index in [9.17, 15) is 9.59 Å². The van der Waals surface area contributed by atoms with Crippen LogP contribution in [0.15, 0.2) is 35.8 Å². The summed E-state index contributed by atoms with van der Waals surface area (Å²) in [5.41, 5.74) is 0. The van der Waals surface area contributed by atoms with Crippen LogP contribution in [0, 0.1) is 5.92 Å². The number of rotatable bonds is 7. The topological polar surface area (TPSA) is 74.3 Å². The summed E-state index contributed by atoms with van der Waals surface area (Å²) >= 11 is 7.52. The normalized spacial score (nSPS) is 16.5. The average molecular weight is 421 g/mol. The maximum Gasteiger partial charge on any atom is 0.242 e. The van der Waals surface area contributed by atoms with Crippen LogP contribution in [0.5, 0.6) is 0 Å². The van der Waals surface area contributed by atoms with Crippen LogP contribution in [0.4, 0.5) is 5.82 Å². The molecule has 0 radical (unpaired) electrons. The second-order valence-corrected chi connectivity index (χ2v) is 8.43. The first-order chi connectivity index (χ1) is 13.5. The number of halogens is 1. The van der Waals surface area contributed by atoms with E-state index in [1.54, 1.807) is 23.5 Å². The first-order valence-electron chi connectivity index (χ1n) is 9.49. The van der Waals surface area contributed by atoms with Crippen molar-refractivity contribution in [3.05, 3.63) is 45.7 Å². The Kier molecular flexibility index (Phi) is 7.42. The van der Waals surface area contributed by atoms with E-state index < -0.39 is 0 Å². The lowest BCUT2D eigenvalue weighted by Crippen LogP contribution is -2.48. The molecule has 0 aromatic carbocycles. The molecule has 2 aromatic heterocycles. The highest BCUT2D eigenvalue weighted by molar-refractivity contribution is 7.09. The van der Waals surface area contributed by atoms with Crippen molar-refractivity contribution in [3.63, 3.8) is 0 Å². The van der Waals surface area contributed by atoms with Crippen molar-refractivity contribution in [2.24, 2.45) is 5.92 Å². The minimum Gasteiger partial charge on any atom is -0.355 e. The molecule has 2 aromatic rings. The minimum atomic E-state index is -0.277. The number of hydrogen-bond acceptors (Lipinski definition) is 5. The molecule has 1 unspecified atom stereocenters. The molecule has 1 aliphatic heterocycles. The fourth-order valence-corrected chi connectivity index (χ4v) is 4.12. The largest absolute Gasteiger partial charge is 0.355 e. The van der Waals surface area contributed by atoms with Crippen molar-refractivity contribution in [1.29, 1.82) is 0 Å². The Morgan fingerprint density at radius 1 is 1.32 bits per heavy atom. The third kappa shape index (κ3) is 5.77. The zero-order chi connectivity index (χ0) is 19.9. The van der Waals surface area contributed by atoms with Gasteiger partial charge in [-0.15, -0.1) is 11.3 Å². The van der Waals surface area contributed by atoms with Crippen LogP contribution in [0.1, 0.15) is 24.6 Å². The highest BCUT2D eigenvalue weighted by atomic mass is 35.5. The van der Waals surface area contributed by atoms with Gasteiger partial charge in [-0.25, -0.2) is 4.98 Å². The molecule has 1 aliphatic rings. The number of amides is 2. The molecule has 150 valence electrons. The van der Waals surface area contributed by atoms with Gasteiger partial charge in [0.2, 0.25) is 11.8 Å². The van der Waals surface area contributed by atoms with Gasteiger partial charge in [0.25, 0.3) is 0 Å². The average Bonchev–Trinajstić information content (AvgIpc) is 3.22. The smallest absolute Gasteiger partial charge is 0.242 e. The Hall–Kier alpha value is -1.96. The second-order valence-electron chi connectivity index (χ2n) is 6.96. The SMILES string of the molecule is CC(C(=O)Nc1ccc(Cl)cn1)N1CCC(C(=O)NCCc2cccs2)CC1. The maximum atomic E-state index is 12.5. The first kappa shape index (κ1) is 20.8. The van der Waals surface area contributed by atoms with E-state index >= 15 is 0 Å². The van der Waals surface area contributed by atoms with Crippen LogP contribution >= 0.6 is 22.9 Å². The highest BCUT2D eigenvalue weighted by Crippen LogP contribution is 2.20. The first-order valence-corrected chi connectivity index (χ1v) is 10.8. The molecule has 3 heterocycles. The number of hydrogen-bond donors (Lipinski definition) is 2. The van der Waals surface area contributed by atoms with Crippen LogP contribution in [0.3, 0.4) is 0 Å². The number of likely N-dealkylation sites (tertiary alicyclic amines) is 1. The summed E-state index contributed by atoms with van der Waals surface area (Å²) in [6.07, 6.45) is 3.91. The molecule has 8 heteroatoms. The molecule has 1 fully saturated rings. The predicted octanol–water partition coefficient (Wildman–Crippen LogP) is 3.19. The Morgan fingerprint density at radius 3 is 2.75 bits per heavy atom. The van der Waals surface area contributed by atoms with E-state index in [4.69, 9.17) is 11.6 Å². The van der Waals surface area contributed by atoms with Gasteiger partial charge in [-0.3, -0.25) is 14.5 Å². The van der Waals surface area contributed by atoms with E-state index in [-0.39, 0.29) is 23.8 Å². The van der Waals surface area contributed by atoms with Crippen molar-refractivity contribution in [1.82, 2.24) is 15.2 Å². The number of nitrogens with zero attached hydrogens (tertiary/aromatic N) is 2. The molecule has 0 aliphatic carbocycles. The number of thiophene rings is 1. The fourth-order valence-electron chi connectivity index (χ4n) is 3.30. The van der Waals surface area contributed by atoms with Gasteiger partial charge >= 0.3 is 0 Å². The van der Waals surface area contributed by atoms with Crippen molar-refractivity contribution < 1.29 is 9.59 Å². The summed E-state index contributed by atoms with van der Waals surface area (Å²) < 4.78 is 0. The van der Waals surface area contributed by atoms with E-state index in [0.29, 0.717) is 17.4 Å². The van der Waals surface area contributed by atoms with Crippen LogP contribution in [0.2, 0.25) is 5.02 Å². The van der Waals surface area contributed by atoms with Gasteiger partial charge in [0, 0.05) is 23.5 Å². The summed E-state index contributed by atoms with van der Waals surface area (Å²) in [6.45, 7) is 4.01. The molecule has 0 spiro atoms. The van der Waals surface area contributed by atoms with Gasteiger partial charge < -0.3 is 10.6 Å². The molecule has 28 heavy (non-hydrogen) atoms. The van der Waals surface area contributed by atoms with Crippen LogP contribution < -0.4 is 10.6 Å². The highest BCUT2D eigenvalue weighted by Gasteiger charge is 2.29. The Morgan fingerprint density at radius 2 is 2.11 bits per heavy atom. The van der Waals surface area contributed by atoms with Gasteiger partial charge in [0.05, 0.1) is 11.1 Å². The number of anilines is 1. The van der Waals surface area contributed by atoms with E-state index in [0.717, 1.165) is 32.4 Å². The molecule has 1 atom stereocenters. The quantitative estimate of drug-likeness (QED) is 0.721. The number of pyridine rings is 1. The number of aromatic nitrogens is 1. The third-order valence-electron chi connectivity index (χ3n) is 5.06. The molecule has 2 N–H and O–H groups in total. The van der Waals surface area contributed by atoms with Gasteiger partial charge in [-0.1, -0.05) is 17.7 Å². The third-order valence-corrected chi connectivity index (χ3v) is 6.22. The van der Waals surface area contributed by atoms with Crippen LogP contribution in [0.25, 0.3) is 0 Å². The second kappa shape index (κ2) is 10.0. The van der Waals surface area contributed by atoms with Gasteiger partial charge in [-0.05, 0) is 62.9 Å². The van der Waals surface area contributed by atoms with Crippen molar-refractivity contribution >= 4 is 40.6 Å². The monoisotopic (exact) mass is 420 g/mol. The lowest BCUT2D eigenvalue weighted by molar-refractivity contribution is -0.127. The number of nitrogens with one attached hydrogen (secondary N) is 2. The minimum absolute atomic E-state index is 0.0211. The molecule has 0 bridgehead atoms. The van der Waals surface area contributed by atoms with Crippen molar-refractivity contribution in [3.8, 4) is 0 Å². The summed E-state index contributed by atoms with van der Waals surface area (Å²) in [6, 6.07) is 7.20. The molecular weight excluding hydrogens is 396 g/mol. The van der Waals surface area contributed by atoms with Gasteiger partial charge in [0.1, 0.15) is 5.82 Å². The van der Waals surface area contributed by atoms with Crippen LogP contribution in [-0.2, 0) is 16.0 Å². The Bertz CT molecular complexity index is 774. The molecule has 2 amide bonds. The number of carbonyl (C=O) groups is 2. The van der Waals surface area contributed by atoms with Crippen LogP contribution in [-0.4, -0.2) is 47.4 Å². The molecule has 0 saturated carbocycles. The molecule has 3 rings (SSSR count). The summed E-state index contributed by atoms with van der Waals surface area (Å²) in [5, 5.41) is 8.44. The number of carbonyl (C=O) groups excluding carboxylic acids is 2. The van der Waals surface area contributed by atoms with E-state index in [1.165, 1.54) is 11.1 Å². The van der Waals surface area contributed by atoms with E-state index in [2.05, 4.69) is 26.6 Å². The Labute approximate surface area is 174 Å². The lowest BCUT2D eigenvalue weighted by Gasteiger charge is -2.34. The summed E-state index contributed by atoms with van der Waals surface area (Å²) in [5.74, 6) is 0.529. The summed E-state index contributed by atoms with van der Waals surface area (Å²) in [7, 11) is 0. The van der Waals surface area contributed by atoms with Crippen molar-refractivity contribution in [2.75, 3.05) is 25.0 Å². The predicted molar refractivity (Wildman–Crippen MR) is 113 cm³/mol. The van der Waals surface area contributed by atoms with Crippen molar-refractivity contribution in [2.45, 2.75) is 32.2 Å². The molecular formula is C20H25ClN4O2S. The maximum absolute atomic E-state index is 12.5. The zero-order valence-electron chi connectivity index (χ0n) is 15.9. The zero-order valence-corrected chi connectivity index (χ0v) is 17.4. The Balaban J connectivity index is 1.40. The van der Waals surface area contributed by atoms with E-state index in [1.807, 2.05) is 18.4 Å². The fraction of sp³-hybridized carbons (Fsp3) is 0.450. The lowest BCUT2D eigenvalue weighted by atomic mass is 9.95. The molecule has 6 nitrogen and oxygen atoms in total. The van der Waals surface area contributed by atoms with Gasteiger partial charge in [0.15, 0.2) is 0 Å². The van der Waals surface area contributed by atoms with Gasteiger partial charge in [-0.2, -0.15) is 0 Å². The summed E-state index contributed by atoms with van der Waals surface area (Å²) in [4.78, 5) is 32.3.